The summed E-state index contributed by atoms with van der Waals surface area (Å²) in [4.78, 5) is 14.3. The minimum Gasteiger partial charge on any atom is -0.478 e. The third kappa shape index (κ3) is 5.94. The van der Waals surface area contributed by atoms with E-state index in [2.05, 4.69) is 9.17 Å². The van der Waals surface area contributed by atoms with Gasteiger partial charge in [0.15, 0.2) is 5.75 Å². The lowest BCUT2D eigenvalue weighted by Gasteiger charge is -2.03. The lowest BCUT2D eigenvalue weighted by atomic mass is 10.2. The molecule has 1 heterocycles. The van der Waals surface area contributed by atoms with Crippen LogP contribution in [0.15, 0.2) is 54.9 Å². The lowest BCUT2D eigenvalue weighted by molar-refractivity contribution is 0.0695. The number of para-hydroxylation sites is 1. The van der Waals surface area contributed by atoms with Gasteiger partial charge in [0.25, 0.3) is 0 Å². The predicted molar refractivity (Wildman–Crippen MR) is 69.8 cm³/mol. The second kappa shape index (κ2) is 7.22. The van der Waals surface area contributed by atoms with Crippen LogP contribution in [0.4, 0.5) is 0 Å². The van der Waals surface area contributed by atoms with Gasteiger partial charge in [-0.2, -0.15) is 8.42 Å². The second-order valence-corrected chi connectivity index (χ2v) is 4.36. The van der Waals surface area contributed by atoms with E-state index in [9.17, 15) is 13.2 Å². The van der Waals surface area contributed by atoms with Gasteiger partial charge in [0.05, 0.1) is 0 Å². The van der Waals surface area contributed by atoms with Crippen molar-refractivity contribution in [3.8, 4) is 5.75 Å². The van der Waals surface area contributed by atoms with Crippen molar-refractivity contribution in [3.63, 3.8) is 0 Å². The van der Waals surface area contributed by atoms with Crippen LogP contribution >= 0.6 is 0 Å². The van der Waals surface area contributed by atoms with Crippen LogP contribution in [0.25, 0.3) is 0 Å². The maximum absolute atomic E-state index is 10.6. The van der Waals surface area contributed by atoms with Crippen LogP contribution < -0.4 is 4.18 Å². The first-order valence-electron chi connectivity index (χ1n) is 5.24. The third-order valence-electron chi connectivity index (χ3n) is 1.88. The molecular weight excluding hydrogens is 286 g/mol. The Labute approximate surface area is 115 Å². The third-order valence-corrected chi connectivity index (χ3v) is 2.27. The number of aromatic carboxylic acids is 1. The molecular formula is C12H11NO6S. The summed E-state index contributed by atoms with van der Waals surface area (Å²) >= 11 is 0. The van der Waals surface area contributed by atoms with Crippen molar-refractivity contribution >= 4 is 16.4 Å². The molecule has 2 aromatic rings. The molecule has 2 rings (SSSR count). The molecule has 0 aliphatic rings. The van der Waals surface area contributed by atoms with Crippen LogP contribution in [0.2, 0.25) is 0 Å². The highest BCUT2D eigenvalue weighted by Crippen LogP contribution is 2.18. The van der Waals surface area contributed by atoms with Gasteiger partial charge in [-0.15, -0.1) is 0 Å². The Kier molecular flexibility index (Phi) is 5.63. The molecule has 0 atom stereocenters. The maximum Gasteiger partial charge on any atom is 0.446 e. The van der Waals surface area contributed by atoms with E-state index in [-0.39, 0.29) is 5.56 Å². The van der Waals surface area contributed by atoms with Crippen LogP contribution in [0.3, 0.4) is 0 Å². The number of rotatable bonds is 3. The van der Waals surface area contributed by atoms with Gasteiger partial charge in [-0.3, -0.25) is 9.54 Å². The smallest absolute Gasteiger partial charge is 0.446 e. The summed E-state index contributed by atoms with van der Waals surface area (Å²) in [6.07, 6.45) is 3.50. The molecule has 0 saturated heterocycles. The molecule has 0 unspecified atom stereocenters. The molecule has 0 aliphatic carbocycles. The van der Waals surface area contributed by atoms with Gasteiger partial charge in [0.1, 0.15) is 5.56 Å². The minimum atomic E-state index is -4.70. The van der Waals surface area contributed by atoms with Gasteiger partial charge in [-0.25, -0.2) is 4.79 Å². The zero-order chi connectivity index (χ0) is 15.0. The first-order valence-corrected chi connectivity index (χ1v) is 6.61. The number of carboxylic acids is 1. The highest BCUT2D eigenvalue weighted by atomic mass is 32.3. The fourth-order valence-electron chi connectivity index (χ4n) is 1.14. The fourth-order valence-corrected chi connectivity index (χ4v) is 1.51. The molecule has 0 radical (unpaired) electrons. The van der Waals surface area contributed by atoms with Crippen molar-refractivity contribution < 1.29 is 27.1 Å². The van der Waals surface area contributed by atoms with Crippen molar-refractivity contribution in [3.05, 3.63) is 60.4 Å². The topological polar surface area (TPSA) is 114 Å². The maximum atomic E-state index is 10.6. The number of carboxylic acid groups (broad SMARTS) is 1. The molecule has 2 N–H and O–H groups in total. The molecule has 0 fully saturated rings. The SMILES string of the molecule is O=C(O)c1ccccc1OS(=O)(=O)O.c1ccncc1. The summed E-state index contributed by atoms with van der Waals surface area (Å²) in [6, 6.07) is 10.8. The average molecular weight is 297 g/mol. The molecule has 1 aromatic carbocycles. The monoisotopic (exact) mass is 297 g/mol. The Morgan fingerprint density at radius 1 is 1.05 bits per heavy atom. The van der Waals surface area contributed by atoms with Crippen LogP contribution in [-0.4, -0.2) is 29.0 Å². The number of carbonyl (C=O) groups is 1. The number of pyridine rings is 1. The molecule has 0 saturated carbocycles. The lowest BCUT2D eigenvalue weighted by Crippen LogP contribution is -2.10. The second-order valence-electron chi connectivity index (χ2n) is 3.34. The minimum absolute atomic E-state index is 0.342. The highest BCUT2D eigenvalue weighted by Gasteiger charge is 2.15. The molecule has 1 aromatic heterocycles. The van der Waals surface area contributed by atoms with Gasteiger partial charge in [0.2, 0.25) is 0 Å². The molecule has 7 nitrogen and oxygen atoms in total. The zero-order valence-electron chi connectivity index (χ0n) is 10.1. The Bertz CT molecular complexity index is 630. The number of benzene rings is 1. The number of aromatic nitrogens is 1. The van der Waals surface area contributed by atoms with E-state index in [1.807, 2.05) is 18.2 Å². The molecule has 0 aliphatic heterocycles. The van der Waals surface area contributed by atoms with E-state index in [4.69, 9.17) is 9.66 Å². The van der Waals surface area contributed by atoms with Crippen molar-refractivity contribution in [2.75, 3.05) is 0 Å². The van der Waals surface area contributed by atoms with E-state index in [1.54, 1.807) is 12.4 Å². The predicted octanol–water partition coefficient (Wildman–Crippen LogP) is 1.65. The standard InChI is InChI=1S/C7H6O6S.C5H5N/c8-7(9)5-3-1-2-4-6(5)13-14(10,11)12;1-2-4-6-5-3-1/h1-4H,(H,8,9)(H,10,11,12);1-5H. The summed E-state index contributed by atoms with van der Waals surface area (Å²) in [7, 11) is -4.70. The van der Waals surface area contributed by atoms with Gasteiger partial charge in [-0.1, -0.05) is 18.2 Å². The van der Waals surface area contributed by atoms with E-state index in [0.717, 1.165) is 12.1 Å². The highest BCUT2D eigenvalue weighted by molar-refractivity contribution is 7.81. The number of hydrogen-bond acceptors (Lipinski definition) is 5. The Hall–Kier alpha value is -2.45. The summed E-state index contributed by atoms with van der Waals surface area (Å²) in [5, 5.41) is 8.61. The van der Waals surface area contributed by atoms with E-state index in [0.29, 0.717) is 0 Å². The number of hydrogen-bond donors (Lipinski definition) is 2. The first kappa shape index (κ1) is 15.6. The van der Waals surface area contributed by atoms with Gasteiger partial charge < -0.3 is 9.29 Å². The fraction of sp³-hybridized carbons (Fsp3) is 0. The molecule has 106 valence electrons. The Balaban J connectivity index is 0.000000276. The summed E-state index contributed by atoms with van der Waals surface area (Å²) in [6.45, 7) is 0. The zero-order valence-corrected chi connectivity index (χ0v) is 10.9. The van der Waals surface area contributed by atoms with E-state index < -0.39 is 22.1 Å². The average Bonchev–Trinajstić information content (AvgIpc) is 2.40. The largest absolute Gasteiger partial charge is 0.478 e. The van der Waals surface area contributed by atoms with Gasteiger partial charge >= 0.3 is 16.4 Å². The van der Waals surface area contributed by atoms with Crippen LogP contribution in [0.1, 0.15) is 10.4 Å². The normalized spacial score (nSPS) is 10.1. The first-order chi connectivity index (χ1) is 9.40. The molecule has 0 bridgehead atoms. The van der Waals surface area contributed by atoms with Gasteiger partial charge in [-0.05, 0) is 24.3 Å². The molecule has 8 heteroatoms. The molecule has 0 spiro atoms. The van der Waals surface area contributed by atoms with Crippen LogP contribution in [0, 0.1) is 0 Å². The van der Waals surface area contributed by atoms with Crippen molar-refractivity contribution in [1.82, 2.24) is 4.98 Å². The van der Waals surface area contributed by atoms with Crippen molar-refractivity contribution in [2.24, 2.45) is 0 Å². The molecule has 0 amide bonds. The van der Waals surface area contributed by atoms with Crippen LogP contribution in [0.5, 0.6) is 5.75 Å². The quantitative estimate of drug-likeness (QED) is 0.828. The summed E-state index contributed by atoms with van der Waals surface area (Å²) in [5.74, 6) is -1.77. The summed E-state index contributed by atoms with van der Waals surface area (Å²) in [5.41, 5.74) is -0.342. The Morgan fingerprint density at radius 2 is 1.65 bits per heavy atom. The van der Waals surface area contributed by atoms with Crippen LogP contribution in [-0.2, 0) is 10.4 Å². The Morgan fingerprint density at radius 3 is 2.05 bits per heavy atom. The number of nitrogens with zero attached hydrogens (tertiary/aromatic N) is 1. The summed E-state index contributed by atoms with van der Waals surface area (Å²) < 4.78 is 33.0. The van der Waals surface area contributed by atoms with Crippen molar-refractivity contribution in [1.29, 1.82) is 0 Å². The molecule has 20 heavy (non-hydrogen) atoms. The van der Waals surface area contributed by atoms with E-state index in [1.165, 1.54) is 12.1 Å². The van der Waals surface area contributed by atoms with Gasteiger partial charge in [0, 0.05) is 12.4 Å². The van der Waals surface area contributed by atoms with E-state index >= 15 is 0 Å². The van der Waals surface area contributed by atoms with Crippen molar-refractivity contribution in [2.45, 2.75) is 0 Å².